The Kier molecular flexibility index (Phi) is 6.51. The van der Waals surface area contributed by atoms with Crippen LogP contribution in [0.25, 0.3) is 17.4 Å². The first-order valence-electron chi connectivity index (χ1n) is 11.2. The molecule has 0 spiro atoms. The number of amides is 1. The summed E-state index contributed by atoms with van der Waals surface area (Å²) in [7, 11) is 0. The minimum atomic E-state index is -0.443. The fraction of sp³-hybridized carbons (Fsp3) is 0.0714. The predicted octanol–water partition coefficient (Wildman–Crippen LogP) is 6.97. The highest BCUT2D eigenvalue weighted by Crippen LogP contribution is 2.36. The monoisotopic (exact) mass is 495 g/mol. The molecule has 1 fully saturated rings. The molecular formula is C28H21N3O4S. The van der Waals surface area contributed by atoms with Gasteiger partial charge in [0.25, 0.3) is 11.6 Å². The first-order chi connectivity index (χ1) is 17.5. The molecule has 178 valence electrons. The summed E-state index contributed by atoms with van der Waals surface area (Å²) in [5.41, 5.74) is 3.64. The van der Waals surface area contributed by atoms with Crippen molar-refractivity contribution in [2.45, 2.75) is 13.5 Å². The average molecular weight is 496 g/mol. The first kappa shape index (κ1) is 23.3. The van der Waals surface area contributed by atoms with Crippen LogP contribution in [0, 0.1) is 17.0 Å². The number of rotatable bonds is 6. The maximum absolute atomic E-state index is 13.4. The van der Waals surface area contributed by atoms with Crippen molar-refractivity contribution in [1.82, 2.24) is 4.90 Å². The Morgan fingerprint density at radius 3 is 2.39 bits per heavy atom. The van der Waals surface area contributed by atoms with Gasteiger partial charge >= 0.3 is 0 Å². The van der Waals surface area contributed by atoms with Crippen LogP contribution in [0.5, 0.6) is 0 Å². The SMILES string of the molecule is Cc1ccc(N=C2S/C(=C/c3ccc(-c4ccc([N+](=O)[O-])cc4)o3)C(=O)N2Cc2ccccc2)cc1. The van der Waals surface area contributed by atoms with E-state index in [1.165, 1.54) is 23.9 Å². The smallest absolute Gasteiger partial charge is 0.269 e. The second-order valence-electron chi connectivity index (χ2n) is 8.22. The van der Waals surface area contributed by atoms with Gasteiger partial charge < -0.3 is 4.42 Å². The van der Waals surface area contributed by atoms with E-state index in [2.05, 4.69) is 0 Å². The standard InChI is InChI=1S/C28H21N3O4S/c1-19-7-11-22(12-8-19)29-28-30(18-20-5-3-2-4-6-20)27(32)26(36-28)17-24-15-16-25(35-24)21-9-13-23(14-10-21)31(33)34/h2-17H,18H2,1H3/b26-17+,29-28?. The quantitative estimate of drug-likeness (QED) is 0.164. The van der Waals surface area contributed by atoms with Crippen molar-refractivity contribution in [3.63, 3.8) is 0 Å². The Hall–Kier alpha value is -4.43. The van der Waals surface area contributed by atoms with E-state index in [4.69, 9.17) is 9.41 Å². The van der Waals surface area contributed by atoms with Crippen LogP contribution in [0.3, 0.4) is 0 Å². The van der Waals surface area contributed by atoms with Crippen LogP contribution in [0.15, 0.2) is 105 Å². The van der Waals surface area contributed by atoms with Gasteiger partial charge in [-0.15, -0.1) is 0 Å². The number of amidine groups is 1. The number of aliphatic imine (C=N–C) groups is 1. The summed E-state index contributed by atoms with van der Waals surface area (Å²) in [4.78, 5) is 30.8. The number of benzene rings is 3. The molecule has 7 nitrogen and oxygen atoms in total. The van der Waals surface area contributed by atoms with Crippen LogP contribution in [-0.2, 0) is 11.3 Å². The van der Waals surface area contributed by atoms with Crippen molar-refractivity contribution < 1.29 is 14.1 Å². The first-order valence-corrected chi connectivity index (χ1v) is 12.0. The molecule has 1 amide bonds. The molecule has 1 aliphatic rings. The van der Waals surface area contributed by atoms with Gasteiger partial charge in [-0.05, 0) is 60.6 Å². The lowest BCUT2D eigenvalue weighted by Crippen LogP contribution is -2.28. The van der Waals surface area contributed by atoms with Gasteiger partial charge in [0.05, 0.1) is 22.1 Å². The Bertz CT molecular complexity index is 1470. The van der Waals surface area contributed by atoms with Gasteiger partial charge in [0, 0.05) is 23.8 Å². The molecule has 1 aromatic heterocycles. The van der Waals surface area contributed by atoms with Crippen LogP contribution < -0.4 is 0 Å². The number of non-ortho nitro benzene ring substituents is 1. The van der Waals surface area contributed by atoms with Crippen molar-refractivity contribution in [2.24, 2.45) is 4.99 Å². The van der Waals surface area contributed by atoms with Crippen molar-refractivity contribution in [3.05, 3.63) is 123 Å². The molecule has 0 atom stereocenters. The third kappa shape index (κ3) is 5.13. The van der Waals surface area contributed by atoms with E-state index in [1.54, 1.807) is 35.2 Å². The molecular weight excluding hydrogens is 474 g/mol. The van der Waals surface area contributed by atoms with Crippen LogP contribution in [0.2, 0.25) is 0 Å². The van der Waals surface area contributed by atoms with Gasteiger partial charge in [-0.1, -0.05) is 48.0 Å². The van der Waals surface area contributed by atoms with Crippen molar-refractivity contribution >= 4 is 40.3 Å². The lowest BCUT2D eigenvalue weighted by molar-refractivity contribution is -0.384. The molecule has 36 heavy (non-hydrogen) atoms. The second-order valence-corrected chi connectivity index (χ2v) is 9.23. The highest BCUT2D eigenvalue weighted by Gasteiger charge is 2.33. The molecule has 0 N–H and O–H groups in total. The van der Waals surface area contributed by atoms with Gasteiger partial charge in [0.15, 0.2) is 5.17 Å². The van der Waals surface area contributed by atoms with E-state index in [-0.39, 0.29) is 11.6 Å². The fourth-order valence-electron chi connectivity index (χ4n) is 3.69. The number of furan rings is 1. The number of aryl methyl sites for hydroxylation is 1. The maximum atomic E-state index is 13.4. The molecule has 0 aliphatic carbocycles. The van der Waals surface area contributed by atoms with Crippen LogP contribution in [0.1, 0.15) is 16.9 Å². The van der Waals surface area contributed by atoms with Crippen LogP contribution >= 0.6 is 11.8 Å². The molecule has 2 heterocycles. The minimum Gasteiger partial charge on any atom is -0.457 e. The van der Waals surface area contributed by atoms with Crippen LogP contribution in [0.4, 0.5) is 11.4 Å². The van der Waals surface area contributed by atoms with E-state index in [1.807, 2.05) is 61.5 Å². The molecule has 0 radical (unpaired) electrons. The lowest BCUT2D eigenvalue weighted by atomic mass is 10.1. The second kappa shape index (κ2) is 10.1. The normalized spacial score (nSPS) is 15.7. The zero-order valence-electron chi connectivity index (χ0n) is 19.3. The third-order valence-corrected chi connectivity index (χ3v) is 6.60. The number of hydrogen-bond donors (Lipinski definition) is 0. The molecule has 8 heteroatoms. The summed E-state index contributed by atoms with van der Waals surface area (Å²) in [6.07, 6.45) is 1.71. The largest absolute Gasteiger partial charge is 0.457 e. The summed E-state index contributed by atoms with van der Waals surface area (Å²) < 4.78 is 5.93. The average Bonchev–Trinajstić information content (AvgIpc) is 3.47. The van der Waals surface area contributed by atoms with Gasteiger partial charge in [-0.2, -0.15) is 0 Å². The van der Waals surface area contributed by atoms with E-state index < -0.39 is 4.92 Å². The predicted molar refractivity (Wildman–Crippen MR) is 142 cm³/mol. The molecule has 1 aliphatic heterocycles. The van der Waals surface area contributed by atoms with E-state index in [9.17, 15) is 14.9 Å². The Balaban J connectivity index is 1.44. The zero-order chi connectivity index (χ0) is 25.1. The topological polar surface area (TPSA) is 89.0 Å². The van der Waals surface area contributed by atoms with Gasteiger partial charge in [0.1, 0.15) is 11.5 Å². The minimum absolute atomic E-state index is 0.0134. The Morgan fingerprint density at radius 2 is 1.69 bits per heavy atom. The highest BCUT2D eigenvalue weighted by molar-refractivity contribution is 8.18. The molecule has 4 aromatic rings. The molecule has 1 saturated heterocycles. The number of nitrogens with zero attached hydrogens (tertiary/aromatic N) is 3. The number of carbonyl (C=O) groups is 1. The number of nitro groups is 1. The van der Waals surface area contributed by atoms with Gasteiger partial charge in [-0.3, -0.25) is 19.8 Å². The summed E-state index contributed by atoms with van der Waals surface area (Å²) in [6, 6.07) is 27.3. The number of carbonyl (C=O) groups excluding carboxylic acids is 1. The number of nitro benzene ring substituents is 1. The Morgan fingerprint density at radius 1 is 0.972 bits per heavy atom. The summed E-state index contributed by atoms with van der Waals surface area (Å²) >= 11 is 1.30. The van der Waals surface area contributed by atoms with Gasteiger partial charge in [-0.25, -0.2) is 4.99 Å². The van der Waals surface area contributed by atoms with Crippen LogP contribution in [-0.4, -0.2) is 20.9 Å². The van der Waals surface area contributed by atoms with Crippen molar-refractivity contribution in [3.8, 4) is 11.3 Å². The third-order valence-electron chi connectivity index (χ3n) is 5.59. The number of hydrogen-bond acceptors (Lipinski definition) is 6. The van der Waals surface area contributed by atoms with Gasteiger partial charge in [0.2, 0.25) is 0 Å². The molecule has 3 aromatic carbocycles. The zero-order valence-corrected chi connectivity index (χ0v) is 20.1. The summed E-state index contributed by atoms with van der Waals surface area (Å²) in [5, 5.41) is 11.5. The van der Waals surface area contributed by atoms with Crippen molar-refractivity contribution in [1.29, 1.82) is 0 Å². The fourth-order valence-corrected chi connectivity index (χ4v) is 4.67. The van der Waals surface area contributed by atoms with E-state index in [0.29, 0.717) is 33.7 Å². The molecule has 0 unspecified atom stereocenters. The molecule has 5 rings (SSSR count). The maximum Gasteiger partial charge on any atom is 0.269 e. The Labute approximate surface area is 211 Å². The number of thioether (sulfide) groups is 1. The summed E-state index contributed by atoms with van der Waals surface area (Å²) in [5.74, 6) is 0.917. The van der Waals surface area contributed by atoms with Crippen molar-refractivity contribution in [2.75, 3.05) is 0 Å². The van der Waals surface area contributed by atoms with E-state index >= 15 is 0 Å². The molecule has 0 bridgehead atoms. The summed E-state index contributed by atoms with van der Waals surface area (Å²) in [6.45, 7) is 2.42. The highest BCUT2D eigenvalue weighted by atomic mass is 32.2. The van der Waals surface area contributed by atoms with E-state index in [0.717, 1.165) is 16.8 Å². The molecule has 0 saturated carbocycles. The lowest BCUT2D eigenvalue weighted by Gasteiger charge is -2.15.